The van der Waals surface area contributed by atoms with E-state index in [1.54, 1.807) is 36.4 Å². The van der Waals surface area contributed by atoms with E-state index in [9.17, 15) is 17.6 Å². The molecule has 144 valence electrons. The Labute approximate surface area is 165 Å². The molecule has 0 spiro atoms. The smallest absolute Gasteiger partial charge is 0.270 e. The number of halogens is 2. The zero-order valence-electron chi connectivity index (χ0n) is 14.5. The minimum absolute atomic E-state index is 0.0888. The van der Waals surface area contributed by atoms with E-state index < -0.39 is 15.7 Å². The molecule has 9 heteroatoms. The van der Waals surface area contributed by atoms with E-state index in [2.05, 4.69) is 10.3 Å². The highest BCUT2D eigenvalue weighted by Crippen LogP contribution is 2.31. The van der Waals surface area contributed by atoms with Crippen LogP contribution in [0.25, 0.3) is 11.3 Å². The molecule has 0 saturated carbocycles. The number of aromatic nitrogens is 2. The Kier molecular flexibility index (Phi) is 4.68. The van der Waals surface area contributed by atoms with Crippen LogP contribution < -0.4 is 5.32 Å². The summed E-state index contributed by atoms with van der Waals surface area (Å²) < 4.78 is 39.0. The second kappa shape index (κ2) is 7.03. The van der Waals surface area contributed by atoms with Crippen LogP contribution in [0, 0.1) is 5.82 Å². The third kappa shape index (κ3) is 3.41. The molecule has 4 rings (SSSR count). The number of carbonyl (C=O) groups excluding carboxylic acids is 1. The zero-order valence-corrected chi connectivity index (χ0v) is 16.1. The average Bonchev–Trinajstić information content (AvgIpc) is 3.19. The molecule has 2 heterocycles. The van der Waals surface area contributed by atoms with Crippen LogP contribution in [0.5, 0.6) is 0 Å². The van der Waals surface area contributed by atoms with Gasteiger partial charge in [-0.1, -0.05) is 35.9 Å². The lowest BCUT2D eigenvalue weighted by Gasteiger charge is -2.09. The third-order valence-corrected chi connectivity index (χ3v) is 6.33. The SMILES string of the molecule is O=C(NCc1ccc(F)cc1)c1c(-c2ccc(Cl)cc2)nc2n1CCS2(=O)=O. The van der Waals surface area contributed by atoms with Gasteiger partial charge in [0.2, 0.25) is 15.0 Å². The first-order valence-electron chi connectivity index (χ1n) is 8.47. The molecule has 1 amide bonds. The van der Waals surface area contributed by atoms with Gasteiger partial charge in [0, 0.05) is 23.7 Å². The molecule has 6 nitrogen and oxygen atoms in total. The predicted molar refractivity (Wildman–Crippen MR) is 102 cm³/mol. The summed E-state index contributed by atoms with van der Waals surface area (Å²) in [6.45, 7) is 0.337. The highest BCUT2D eigenvalue weighted by Gasteiger charge is 2.35. The van der Waals surface area contributed by atoms with Gasteiger partial charge in [-0.3, -0.25) is 4.79 Å². The largest absolute Gasteiger partial charge is 0.347 e. The van der Waals surface area contributed by atoms with E-state index in [0.29, 0.717) is 10.6 Å². The van der Waals surface area contributed by atoms with Crippen LogP contribution in [0.2, 0.25) is 5.02 Å². The van der Waals surface area contributed by atoms with E-state index in [1.165, 1.54) is 16.7 Å². The number of hydrogen-bond acceptors (Lipinski definition) is 4. The van der Waals surface area contributed by atoms with Crippen LogP contribution in [-0.4, -0.2) is 29.6 Å². The lowest BCUT2D eigenvalue weighted by Crippen LogP contribution is -2.26. The van der Waals surface area contributed by atoms with Crippen LogP contribution in [0.4, 0.5) is 4.39 Å². The van der Waals surface area contributed by atoms with Crippen molar-refractivity contribution in [3.8, 4) is 11.3 Å². The Hall–Kier alpha value is -2.71. The maximum Gasteiger partial charge on any atom is 0.270 e. The second-order valence-electron chi connectivity index (χ2n) is 6.38. The summed E-state index contributed by atoms with van der Waals surface area (Å²) in [6, 6.07) is 12.4. The van der Waals surface area contributed by atoms with Gasteiger partial charge >= 0.3 is 0 Å². The third-order valence-electron chi connectivity index (χ3n) is 4.49. The maximum absolute atomic E-state index is 13.0. The monoisotopic (exact) mass is 419 g/mol. The lowest BCUT2D eigenvalue weighted by atomic mass is 10.1. The molecular formula is C19H15ClFN3O3S. The highest BCUT2D eigenvalue weighted by molar-refractivity contribution is 7.91. The quantitative estimate of drug-likeness (QED) is 0.704. The van der Waals surface area contributed by atoms with Crippen LogP contribution >= 0.6 is 11.6 Å². The number of carbonyl (C=O) groups is 1. The average molecular weight is 420 g/mol. The summed E-state index contributed by atoms with van der Waals surface area (Å²) in [7, 11) is -3.52. The van der Waals surface area contributed by atoms with Crippen LogP contribution in [-0.2, 0) is 22.9 Å². The predicted octanol–water partition coefficient (Wildman–Crippen LogP) is 3.06. The van der Waals surface area contributed by atoms with Crippen LogP contribution in [0.15, 0.2) is 53.7 Å². The van der Waals surface area contributed by atoms with Gasteiger partial charge in [0.15, 0.2) is 0 Å². The number of imidazole rings is 1. The Morgan fingerprint density at radius 3 is 2.50 bits per heavy atom. The van der Waals surface area contributed by atoms with Gasteiger partial charge in [0.05, 0.1) is 5.75 Å². The summed E-state index contributed by atoms with van der Waals surface area (Å²) in [5.74, 6) is -0.905. The van der Waals surface area contributed by atoms with E-state index in [-0.39, 0.29) is 41.2 Å². The van der Waals surface area contributed by atoms with Gasteiger partial charge < -0.3 is 9.88 Å². The number of nitrogens with one attached hydrogen (secondary N) is 1. The number of benzene rings is 2. The number of amides is 1. The molecule has 1 aliphatic heterocycles. The van der Waals surface area contributed by atoms with E-state index >= 15 is 0 Å². The van der Waals surface area contributed by atoms with Gasteiger partial charge in [-0.2, -0.15) is 0 Å². The van der Waals surface area contributed by atoms with Crippen molar-refractivity contribution >= 4 is 27.3 Å². The number of sulfone groups is 1. The Morgan fingerprint density at radius 1 is 1.14 bits per heavy atom. The molecule has 0 bridgehead atoms. The van der Waals surface area contributed by atoms with Crippen LogP contribution in [0.3, 0.4) is 0 Å². The van der Waals surface area contributed by atoms with Crippen molar-refractivity contribution in [3.05, 3.63) is 70.6 Å². The summed E-state index contributed by atoms with van der Waals surface area (Å²) in [4.78, 5) is 17.2. The van der Waals surface area contributed by atoms with Gasteiger partial charge in [0.1, 0.15) is 17.2 Å². The Morgan fingerprint density at radius 2 is 1.82 bits per heavy atom. The molecule has 0 atom stereocenters. The van der Waals surface area contributed by atoms with Gasteiger partial charge in [-0.15, -0.1) is 0 Å². The van der Waals surface area contributed by atoms with Crippen molar-refractivity contribution in [2.24, 2.45) is 0 Å². The normalized spacial score (nSPS) is 14.6. The fraction of sp³-hybridized carbons (Fsp3) is 0.158. The Bertz CT molecular complexity index is 1160. The molecular weight excluding hydrogens is 405 g/mol. The first-order valence-corrected chi connectivity index (χ1v) is 10.5. The van der Waals surface area contributed by atoms with Crippen LogP contribution in [0.1, 0.15) is 16.1 Å². The fourth-order valence-electron chi connectivity index (χ4n) is 3.09. The molecule has 1 aromatic heterocycles. The van der Waals surface area contributed by atoms with Crippen molar-refractivity contribution in [1.82, 2.24) is 14.9 Å². The fourth-order valence-corrected chi connectivity index (χ4v) is 4.57. The van der Waals surface area contributed by atoms with Gasteiger partial charge in [0.25, 0.3) is 5.91 Å². The maximum atomic E-state index is 13.0. The van der Waals surface area contributed by atoms with Crippen molar-refractivity contribution in [2.45, 2.75) is 18.2 Å². The van der Waals surface area contributed by atoms with E-state index in [1.807, 2.05) is 0 Å². The van der Waals surface area contributed by atoms with Crippen molar-refractivity contribution in [3.63, 3.8) is 0 Å². The molecule has 0 fully saturated rings. The van der Waals surface area contributed by atoms with Gasteiger partial charge in [-0.25, -0.2) is 17.8 Å². The summed E-state index contributed by atoms with van der Waals surface area (Å²) in [6.07, 6.45) is 0. The molecule has 0 saturated heterocycles. The standard InChI is InChI=1S/C19H15ClFN3O3S/c20-14-5-3-13(4-6-14)16-17(24-9-10-28(26,27)19(24)23-16)18(25)22-11-12-1-7-15(21)8-2-12/h1-8H,9-11H2,(H,22,25). The molecule has 0 aliphatic carbocycles. The lowest BCUT2D eigenvalue weighted by molar-refractivity contribution is 0.0942. The zero-order chi connectivity index (χ0) is 19.9. The minimum atomic E-state index is -3.52. The topological polar surface area (TPSA) is 81.1 Å². The van der Waals surface area contributed by atoms with E-state index in [4.69, 9.17) is 11.6 Å². The molecule has 2 aromatic carbocycles. The van der Waals surface area contributed by atoms with Crippen molar-refractivity contribution in [1.29, 1.82) is 0 Å². The Balaban J connectivity index is 1.71. The minimum Gasteiger partial charge on any atom is -0.347 e. The summed E-state index contributed by atoms with van der Waals surface area (Å²) in [5.41, 5.74) is 1.78. The number of fused-ring (bicyclic) bond motifs is 1. The molecule has 0 radical (unpaired) electrons. The molecule has 1 aliphatic rings. The first-order chi connectivity index (χ1) is 13.3. The number of rotatable bonds is 4. The number of nitrogens with zero attached hydrogens (tertiary/aromatic N) is 2. The van der Waals surface area contributed by atoms with Crippen molar-refractivity contribution < 1.29 is 17.6 Å². The second-order valence-corrected chi connectivity index (χ2v) is 8.82. The molecule has 0 unspecified atom stereocenters. The van der Waals surface area contributed by atoms with E-state index in [0.717, 1.165) is 5.56 Å². The molecule has 3 aromatic rings. The molecule has 28 heavy (non-hydrogen) atoms. The highest BCUT2D eigenvalue weighted by atomic mass is 35.5. The number of hydrogen-bond donors (Lipinski definition) is 1. The summed E-state index contributed by atoms with van der Waals surface area (Å²) >= 11 is 5.92. The van der Waals surface area contributed by atoms with Crippen molar-refractivity contribution in [2.75, 3.05) is 5.75 Å². The first kappa shape index (κ1) is 18.6. The summed E-state index contributed by atoms with van der Waals surface area (Å²) in [5, 5.41) is 3.17. The van der Waals surface area contributed by atoms with Gasteiger partial charge in [-0.05, 0) is 29.8 Å². The molecule has 1 N–H and O–H groups in total.